The molecule has 6 heteroatoms. The Morgan fingerprint density at radius 1 is 1.04 bits per heavy atom. The van der Waals surface area contributed by atoms with Crippen molar-refractivity contribution in [2.75, 3.05) is 14.2 Å². The van der Waals surface area contributed by atoms with Crippen LogP contribution in [0.15, 0.2) is 36.4 Å². The molecule has 0 aliphatic rings. The van der Waals surface area contributed by atoms with Gasteiger partial charge in [-0.05, 0) is 23.6 Å². The van der Waals surface area contributed by atoms with Crippen molar-refractivity contribution in [1.82, 2.24) is 4.98 Å². The van der Waals surface area contributed by atoms with Gasteiger partial charge in [0.2, 0.25) is 0 Å². The summed E-state index contributed by atoms with van der Waals surface area (Å²) in [6.45, 7) is 0. The Hall–Kier alpha value is -3.15. The van der Waals surface area contributed by atoms with E-state index in [1.54, 1.807) is 24.3 Å². The first kappa shape index (κ1) is 15.7. The molecule has 0 fully saturated rings. The summed E-state index contributed by atoms with van der Waals surface area (Å²) in [6.07, 6.45) is -0.147. The molecule has 0 bridgehead atoms. The first-order valence-corrected chi connectivity index (χ1v) is 7.24. The molecule has 0 saturated carbocycles. The standard InChI is InChI=1S/C18H15NO5/c1-23-16(21)9-15-14(18(22)24-2)7-11-4-3-10-5-6-12(20)8-13(10)17(11)19-15/h3-8,20H,9H2,1-2H3. The van der Waals surface area contributed by atoms with E-state index in [4.69, 9.17) is 4.74 Å². The van der Waals surface area contributed by atoms with Crippen molar-refractivity contribution >= 4 is 33.6 Å². The van der Waals surface area contributed by atoms with Crippen molar-refractivity contribution in [3.63, 3.8) is 0 Å². The second kappa shape index (κ2) is 6.16. The van der Waals surface area contributed by atoms with Gasteiger partial charge < -0.3 is 14.6 Å². The average molecular weight is 325 g/mol. The minimum atomic E-state index is -0.570. The van der Waals surface area contributed by atoms with Gasteiger partial charge in [0.25, 0.3) is 0 Å². The highest BCUT2D eigenvalue weighted by Crippen LogP contribution is 2.29. The third-order valence-electron chi connectivity index (χ3n) is 3.81. The summed E-state index contributed by atoms with van der Waals surface area (Å²) in [6, 6.07) is 10.3. The highest BCUT2D eigenvalue weighted by molar-refractivity contribution is 6.07. The van der Waals surface area contributed by atoms with Crippen LogP contribution in [-0.4, -0.2) is 36.2 Å². The summed E-state index contributed by atoms with van der Waals surface area (Å²) < 4.78 is 9.45. The van der Waals surface area contributed by atoms with Crippen LogP contribution in [0.4, 0.5) is 0 Å². The number of nitrogens with zero attached hydrogens (tertiary/aromatic N) is 1. The summed E-state index contributed by atoms with van der Waals surface area (Å²) >= 11 is 0. The van der Waals surface area contributed by atoms with Crippen molar-refractivity contribution < 1.29 is 24.2 Å². The second-order valence-corrected chi connectivity index (χ2v) is 5.27. The van der Waals surface area contributed by atoms with E-state index in [-0.39, 0.29) is 23.4 Å². The molecule has 1 heterocycles. The molecule has 0 unspecified atom stereocenters. The van der Waals surface area contributed by atoms with Crippen LogP contribution in [0.25, 0.3) is 21.7 Å². The number of hydrogen-bond donors (Lipinski definition) is 1. The largest absolute Gasteiger partial charge is 0.508 e. The summed E-state index contributed by atoms with van der Waals surface area (Å²) in [5.41, 5.74) is 1.09. The average Bonchev–Trinajstić information content (AvgIpc) is 2.60. The summed E-state index contributed by atoms with van der Waals surface area (Å²) in [4.78, 5) is 28.1. The fourth-order valence-electron chi connectivity index (χ4n) is 2.61. The Kier molecular flexibility index (Phi) is 4.04. The number of phenols is 1. The Labute approximate surface area is 137 Å². The molecule has 0 aliphatic carbocycles. The van der Waals surface area contributed by atoms with Gasteiger partial charge in [0.15, 0.2) is 0 Å². The molecule has 6 nitrogen and oxygen atoms in total. The number of methoxy groups -OCH3 is 2. The SMILES string of the molecule is COC(=O)Cc1nc2c(ccc3ccc(O)cc32)cc1C(=O)OC. The molecule has 3 rings (SSSR count). The molecule has 2 aromatic carbocycles. The number of pyridine rings is 1. The molecule has 1 aromatic heterocycles. The maximum absolute atomic E-state index is 12.0. The molecule has 122 valence electrons. The lowest BCUT2D eigenvalue weighted by molar-refractivity contribution is -0.139. The first-order chi connectivity index (χ1) is 11.5. The van der Waals surface area contributed by atoms with Gasteiger partial charge in [-0.15, -0.1) is 0 Å². The van der Waals surface area contributed by atoms with Gasteiger partial charge in [-0.2, -0.15) is 0 Å². The second-order valence-electron chi connectivity index (χ2n) is 5.27. The zero-order valence-electron chi connectivity index (χ0n) is 13.2. The maximum atomic E-state index is 12.0. The predicted molar refractivity (Wildman–Crippen MR) is 88.0 cm³/mol. The van der Waals surface area contributed by atoms with Gasteiger partial charge in [-0.1, -0.05) is 18.2 Å². The third-order valence-corrected chi connectivity index (χ3v) is 3.81. The fourth-order valence-corrected chi connectivity index (χ4v) is 2.61. The van der Waals surface area contributed by atoms with Crippen LogP contribution >= 0.6 is 0 Å². The van der Waals surface area contributed by atoms with Crippen LogP contribution in [0, 0.1) is 0 Å². The monoisotopic (exact) mass is 325 g/mol. The van der Waals surface area contributed by atoms with Crippen molar-refractivity contribution in [3.05, 3.63) is 47.7 Å². The number of esters is 2. The molecule has 0 spiro atoms. The molecule has 24 heavy (non-hydrogen) atoms. The Morgan fingerprint density at radius 2 is 1.75 bits per heavy atom. The normalized spacial score (nSPS) is 10.8. The highest BCUT2D eigenvalue weighted by Gasteiger charge is 2.18. The van der Waals surface area contributed by atoms with Crippen molar-refractivity contribution in [1.29, 1.82) is 0 Å². The lowest BCUT2D eigenvalue weighted by Gasteiger charge is -2.10. The zero-order chi connectivity index (χ0) is 17.3. The Morgan fingerprint density at radius 3 is 2.46 bits per heavy atom. The van der Waals surface area contributed by atoms with Crippen molar-refractivity contribution in [3.8, 4) is 5.75 Å². The Balaban J connectivity index is 2.31. The van der Waals surface area contributed by atoms with E-state index >= 15 is 0 Å². The van der Waals surface area contributed by atoms with Crippen molar-refractivity contribution in [2.24, 2.45) is 0 Å². The smallest absolute Gasteiger partial charge is 0.339 e. The molecule has 3 aromatic rings. The third kappa shape index (κ3) is 2.74. The van der Waals surface area contributed by atoms with Crippen LogP contribution in [0.5, 0.6) is 5.75 Å². The van der Waals surface area contributed by atoms with Crippen molar-refractivity contribution in [2.45, 2.75) is 6.42 Å². The number of phenolic OH excluding ortho intramolecular Hbond substituents is 1. The number of carbonyl (C=O) groups excluding carboxylic acids is 2. The number of hydrogen-bond acceptors (Lipinski definition) is 6. The summed E-state index contributed by atoms with van der Waals surface area (Å²) in [7, 11) is 2.54. The highest BCUT2D eigenvalue weighted by atomic mass is 16.5. The molecule has 1 N–H and O–H groups in total. The number of rotatable bonds is 3. The van der Waals surface area contributed by atoms with Gasteiger partial charge in [0, 0.05) is 10.8 Å². The van der Waals surface area contributed by atoms with E-state index in [0.29, 0.717) is 10.9 Å². The van der Waals surface area contributed by atoms with Gasteiger partial charge in [-0.25, -0.2) is 4.79 Å². The van der Waals surface area contributed by atoms with Gasteiger partial charge in [0.05, 0.1) is 37.4 Å². The number of aromatic nitrogens is 1. The van der Waals surface area contributed by atoms with Crippen LogP contribution in [-0.2, 0) is 20.7 Å². The number of aromatic hydroxyl groups is 1. The molecular formula is C18H15NO5. The number of carbonyl (C=O) groups is 2. The number of fused-ring (bicyclic) bond motifs is 3. The fraction of sp³-hybridized carbons (Fsp3) is 0.167. The van der Waals surface area contributed by atoms with Gasteiger partial charge >= 0.3 is 11.9 Å². The first-order valence-electron chi connectivity index (χ1n) is 7.24. The van der Waals surface area contributed by atoms with E-state index < -0.39 is 11.9 Å². The maximum Gasteiger partial charge on any atom is 0.339 e. The summed E-state index contributed by atoms with van der Waals surface area (Å²) in [5.74, 6) is -0.960. The Bertz CT molecular complexity index is 964. The molecule has 0 aliphatic heterocycles. The molecular weight excluding hydrogens is 310 g/mol. The van der Waals surface area contributed by atoms with E-state index in [1.807, 2.05) is 12.1 Å². The lowest BCUT2D eigenvalue weighted by atomic mass is 10.0. The zero-order valence-corrected chi connectivity index (χ0v) is 13.2. The number of benzene rings is 2. The van der Waals surface area contributed by atoms with E-state index in [9.17, 15) is 14.7 Å². The molecule has 0 atom stereocenters. The number of ether oxygens (including phenoxy) is 2. The topological polar surface area (TPSA) is 85.7 Å². The molecule has 0 saturated heterocycles. The van der Waals surface area contributed by atoms with Gasteiger partial charge in [0.1, 0.15) is 5.75 Å². The van der Waals surface area contributed by atoms with Crippen LogP contribution in [0.2, 0.25) is 0 Å². The van der Waals surface area contributed by atoms with Crippen LogP contribution < -0.4 is 0 Å². The minimum absolute atomic E-state index is 0.114. The predicted octanol–water partition coefficient (Wildman–Crippen LogP) is 2.60. The molecule has 0 radical (unpaired) electrons. The lowest BCUT2D eigenvalue weighted by Crippen LogP contribution is -2.13. The van der Waals surface area contributed by atoms with Gasteiger partial charge in [-0.3, -0.25) is 9.78 Å². The van der Waals surface area contributed by atoms with E-state index in [2.05, 4.69) is 9.72 Å². The molecule has 0 amide bonds. The van der Waals surface area contributed by atoms with Crippen LogP contribution in [0.3, 0.4) is 0 Å². The van der Waals surface area contributed by atoms with E-state index in [1.165, 1.54) is 14.2 Å². The minimum Gasteiger partial charge on any atom is -0.508 e. The summed E-state index contributed by atoms with van der Waals surface area (Å²) in [5, 5.41) is 12.1. The van der Waals surface area contributed by atoms with Crippen LogP contribution in [0.1, 0.15) is 16.1 Å². The van der Waals surface area contributed by atoms with E-state index in [0.717, 1.165) is 10.8 Å². The quantitative estimate of drug-likeness (QED) is 0.588.